The van der Waals surface area contributed by atoms with Crippen molar-refractivity contribution in [1.29, 1.82) is 0 Å². The third kappa shape index (κ3) is 7.74. The van der Waals surface area contributed by atoms with E-state index < -0.39 is 5.97 Å². The van der Waals surface area contributed by atoms with Crippen LogP contribution < -0.4 is 0 Å². The monoisotopic (exact) mass is 189 g/mol. The topological polar surface area (TPSA) is 49.8 Å². The van der Waals surface area contributed by atoms with Gasteiger partial charge in [0.05, 0.1) is 13.2 Å². The Morgan fingerprint density at radius 1 is 1.38 bits per heavy atom. The Hall–Kier alpha value is -0.610. The molecule has 0 rings (SSSR count). The molecule has 0 bridgehead atoms. The predicted molar refractivity (Wildman–Crippen MR) is 50.9 cm³/mol. The van der Waals surface area contributed by atoms with Gasteiger partial charge in [0.2, 0.25) is 0 Å². The Balaban J connectivity index is 3.42. The first-order valence-electron chi connectivity index (χ1n) is 4.72. The predicted octanol–water partition coefficient (Wildman–Crippen LogP) is 0.820. The standard InChI is InChI=1S/C9H19NO3/c1-3-6-13-7-5-10(4-2)8-9(11)12/h3-8H2,1-2H3,(H,11,12). The summed E-state index contributed by atoms with van der Waals surface area (Å²) in [5.41, 5.74) is 0. The lowest BCUT2D eigenvalue weighted by atomic mass is 10.4. The van der Waals surface area contributed by atoms with Gasteiger partial charge >= 0.3 is 5.97 Å². The number of hydrogen-bond donors (Lipinski definition) is 1. The molecule has 13 heavy (non-hydrogen) atoms. The van der Waals surface area contributed by atoms with Crippen molar-refractivity contribution in [2.75, 3.05) is 32.8 Å². The molecular formula is C9H19NO3. The molecule has 0 aromatic rings. The van der Waals surface area contributed by atoms with Gasteiger partial charge in [-0.05, 0) is 13.0 Å². The van der Waals surface area contributed by atoms with Crippen molar-refractivity contribution < 1.29 is 14.6 Å². The smallest absolute Gasteiger partial charge is 0.317 e. The third-order valence-corrected chi connectivity index (χ3v) is 1.71. The van der Waals surface area contributed by atoms with Crippen LogP contribution in [0.2, 0.25) is 0 Å². The van der Waals surface area contributed by atoms with E-state index in [9.17, 15) is 4.79 Å². The highest BCUT2D eigenvalue weighted by Crippen LogP contribution is 1.88. The van der Waals surface area contributed by atoms with Crippen molar-refractivity contribution in [2.24, 2.45) is 0 Å². The van der Waals surface area contributed by atoms with Gasteiger partial charge in [-0.1, -0.05) is 13.8 Å². The molecule has 1 N–H and O–H groups in total. The summed E-state index contributed by atoms with van der Waals surface area (Å²) in [6.07, 6.45) is 1.01. The van der Waals surface area contributed by atoms with E-state index in [2.05, 4.69) is 6.92 Å². The van der Waals surface area contributed by atoms with Gasteiger partial charge in [-0.3, -0.25) is 9.69 Å². The molecule has 0 fully saturated rings. The molecule has 0 aromatic carbocycles. The van der Waals surface area contributed by atoms with E-state index in [1.165, 1.54) is 0 Å². The van der Waals surface area contributed by atoms with Crippen molar-refractivity contribution in [2.45, 2.75) is 20.3 Å². The van der Waals surface area contributed by atoms with E-state index in [1.807, 2.05) is 11.8 Å². The van der Waals surface area contributed by atoms with E-state index >= 15 is 0 Å². The molecule has 4 nitrogen and oxygen atoms in total. The number of likely N-dealkylation sites (N-methyl/N-ethyl adjacent to an activating group) is 1. The van der Waals surface area contributed by atoms with Gasteiger partial charge in [0.1, 0.15) is 0 Å². The minimum atomic E-state index is -0.780. The summed E-state index contributed by atoms with van der Waals surface area (Å²) in [7, 11) is 0. The number of aliphatic carboxylic acids is 1. The number of carboxylic acids is 1. The Bertz CT molecular complexity index is 139. The Labute approximate surface area is 79.5 Å². The number of rotatable bonds is 8. The summed E-state index contributed by atoms with van der Waals surface area (Å²) in [5, 5.41) is 8.54. The van der Waals surface area contributed by atoms with Crippen LogP contribution in [0.1, 0.15) is 20.3 Å². The summed E-state index contributed by atoms with van der Waals surface area (Å²) in [5.74, 6) is -0.780. The molecule has 0 aliphatic carbocycles. The number of nitrogens with zero attached hydrogens (tertiary/aromatic N) is 1. The van der Waals surface area contributed by atoms with Crippen LogP contribution in [0.5, 0.6) is 0 Å². The lowest BCUT2D eigenvalue weighted by molar-refractivity contribution is -0.138. The van der Waals surface area contributed by atoms with Crippen molar-refractivity contribution in [3.05, 3.63) is 0 Å². The van der Waals surface area contributed by atoms with Crippen LogP contribution >= 0.6 is 0 Å². The second-order valence-corrected chi connectivity index (χ2v) is 2.87. The van der Waals surface area contributed by atoms with Crippen LogP contribution in [-0.4, -0.2) is 48.8 Å². The van der Waals surface area contributed by atoms with Crippen molar-refractivity contribution in [1.82, 2.24) is 4.90 Å². The highest BCUT2D eigenvalue weighted by Gasteiger charge is 2.06. The van der Waals surface area contributed by atoms with Gasteiger partial charge < -0.3 is 9.84 Å². The van der Waals surface area contributed by atoms with Gasteiger partial charge in [0.15, 0.2) is 0 Å². The molecule has 0 saturated carbocycles. The fourth-order valence-corrected chi connectivity index (χ4v) is 0.980. The summed E-state index contributed by atoms with van der Waals surface area (Å²) in [4.78, 5) is 12.2. The van der Waals surface area contributed by atoms with Gasteiger partial charge in [0, 0.05) is 13.2 Å². The lowest BCUT2D eigenvalue weighted by Crippen LogP contribution is -2.32. The Morgan fingerprint density at radius 3 is 2.54 bits per heavy atom. The van der Waals surface area contributed by atoms with Crippen LogP contribution in [0.3, 0.4) is 0 Å². The zero-order chi connectivity index (χ0) is 10.1. The van der Waals surface area contributed by atoms with Crippen LogP contribution in [0.25, 0.3) is 0 Å². The minimum Gasteiger partial charge on any atom is -0.480 e. The molecule has 0 spiro atoms. The second kappa shape index (κ2) is 8.01. The van der Waals surface area contributed by atoms with Crippen LogP contribution in [-0.2, 0) is 9.53 Å². The Kier molecular flexibility index (Phi) is 7.63. The zero-order valence-electron chi connectivity index (χ0n) is 8.45. The average Bonchev–Trinajstić information content (AvgIpc) is 2.09. The van der Waals surface area contributed by atoms with E-state index in [0.717, 1.165) is 19.6 Å². The van der Waals surface area contributed by atoms with Crippen LogP contribution in [0, 0.1) is 0 Å². The molecule has 0 amide bonds. The molecule has 0 atom stereocenters. The quantitative estimate of drug-likeness (QED) is 0.574. The molecule has 0 heterocycles. The number of carbonyl (C=O) groups is 1. The SMILES string of the molecule is CCCOCCN(CC)CC(=O)O. The number of hydrogen-bond acceptors (Lipinski definition) is 3. The molecule has 0 saturated heterocycles. The fourth-order valence-electron chi connectivity index (χ4n) is 0.980. The van der Waals surface area contributed by atoms with Gasteiger partial charge in [-0.2, -0.15) is 0 Å². The van der Waals surface area contributed by atoms with Crippen molar-refractivity contribution in [3.8, 4) is 0 Å². The van der Waals surface area contributed by atoms with Crippen molar-refractivity contribution in [3.63, 3.8) is 0 Å². The molecule has 4 heteroatoms. The fraction of sp³-hybridized carbons (Fsp3) is 0.889. The highest BCUT2D eigenvalue weighted by atomic mass is 16.5. The van der Waals surface area contributed by atoms with Gasteiger partial charge in [-0.25, -0.2) is 0 Å². The summed E-state index contributed by atoms with van der Waals surface area (Å²) in [6.45, 7) is 6.92. The highest BCUT2D eigenvalue weighted by molar-refractivity contribution is 5.69. The Morgan fingerprint density at radius 2 is 2.08 bits per heavy atom. The van der Waals surface area contributed by atoms with Crippen LogP contribution in [0.15, 0.2) is 0 Å². The van der Waals surface area contributed by atoms with E-state index in [1.54, 1.807) is 0 Å². The maximum atomic E-state index is 10.4. The van der Waals surface area contributed by atoms with Gasteiger partial charge in [0.25, 0.3) is 0 Å². The normalized spacial score (nSPS) is 10.7. The molecule has 0 radical (unpaired) electrons. The van der Waals surface area contributed by atoms with Crippen LogP contribution in [0.4, 0.5) is 0 Å². The molecular weight excluding hydrogens is 170 g/mol. The number of carboxylic acid groups (broad SMARTS) is 1. The molecule has 0 unspecified atom stereocenters. The maximum absolute atomic E-state index is 10.4. The first-order chi connectivity index (χ1) is 6.20. The first-order valence-corrected chi connectivity index (χ1v) is 4.72. The van der Waals surface area contributed by atoms with E-state index in [-0.39, 0.29) is 6.54 Å². The molecule has 0 aromatic heterocycles. The van der Waals surface area contributed by atoms with E-state index in [0.29, 0.717) is 13.2 Å². The summed E-state index contributed by atoms with van der Waals surface area (Å²) < 4.78 is 5.26. The first kappa shape index (κ1) is 12.4. The summed E-state index contributed by atoms with van der Waals surface area (Å²) >= 11 is 0. The maximum Gasteiger partial charge on any atom is 0.317 e. The largest absolute Gasteiger partial charge is 0.480 e. The lowest BCUT2D eigenvalue weighted by Gasteiger charge is -2.17. The average molecular weight is 189 g/mol. The molecule has 0 aliphatic heterocycles. The third-order valence-electron chi connectivity index (χ3n) is 1.71. The molecule has 0 aliphatic rings. The van der Waals surface area contributed by atoms with Crippen molar-refractivity contribution >= 4 is 5.97 Å². The number of ether oxygens (including phenoxy) is 1. The second-order valence-electron chi connectivity index (χ2n) is 2.87. The molecule has 78 valence electrons. The zero-order valence-corrected chi connectivity index (χ0v) is 8.45. The summed E-state index contributed by atoms with van der Waals surface area (Å²) in [6, 6.07) is 0. The minimum absolute atomic E-state index is 0.103. The van der Waals surface area contributed by atoms with E-state index in [4.69, 9.17) is 9.84 Å². The van der Waals surface area contributed by atoms with Gasteiger partial charge in [-0.15, -0.1) is 0 Å².